The molecule has 0 atom stereocenters. The van der Waals surface area contributed by atoms with E-state index in [1.807, 2.05) is 30.3 Å². The van der Waals surface area contributed by atoms with Gasteiger partial charge in [-0.05, 0) is 30.7 Å². The maximum absolute atomic E-state index is 6.27. The van der Waals surface area contributed by atoms with Crippen LogP contribution in [0.5, 0.6) is 5.75 Å². The zero-order valence-electron chi connectivity index (χ0n) is 10.9. The Morgan fingerprint density at radius 2 is 2.05 bits per heavy atom. The van der Waals surface area contributed by atoms with Gasteiger partial charge in [0.15, 0.2) is 0 Å². The maximum atomic E-state index is 6.27. The van der Waals surface area contributed by atoms with Crippen molar-refractivity contribution in [3.8, 4) is 5.75 Å². The molecular formula is C16H16ClNO. The lowest BCUT2D eigenvalue weighted by Gasteiger charge is -2.04. The summed E-state index contributed by atoms with van der Waals surface area (Å²) in [5.41, 5.74) is 2.13. The fraction of sp³-hybridized carbons (Fsp3) is 0.250. The first-order valence-electron chi connectivity index (χ1n) is 6.62. The van der Waals surface area contributed by atoms with Crippen molar-refractivity contribution >= 4 is 33.4 Å². The highest BCUT2D eigenvalue weighted by Gasteiger charge is 2.08. The molecular weight excluding hydrogens is 258 g/mol. The molecule has 0 amide bonds. The van der Waals surface area contributed by atoms with Crippen molar-refractivity contribution in [3.63, 3.8) is 0 Å². The van der Waals surface area contributed by atoms with Crippen LogP contribution >= 0.6 is 11.6 Å². The van der Waals surface area contributed by atoms with E-state index >= 15 is 0 Å². The van der Waals surface area contributed by atoms with Gasteiger partial charge in [0.25, 0.3) is 0 Å². The first-order valence-corrected chi connectivity index (χ1v) is 7.00. The Labute approximate surface area is 117 Å². The highest BCUT2D eigenvalue weighted by molar-refractivity contribution is 6.37. The molecule has 3 rings (SSSR count). The van der Waals surface area contributed by atoms with Crippen molar-refractivity contribution in [2.75, 3.05) is 6.61 Å². The Bertz CT molecular complexity index is 717. The van der Waals surface area contributed by atoms with Gasteiger partial charge in [-0.2, -0.15) is 0 Å². The molecule has 0 aliphatic heterocycles. The molecule has 2 aromatic carbocycles. The zero-order valence-corrected chi connectivity index (χ0v) is 11.6. The number of H-pyrrole nitrogens is 1. The molecule has 0 bridgehead atoms. The van der Waals surface area contributed by atoms with E-state index in [0.717, 1.165) is 52.0 Å². The van der Waals surface area contributed by atoms with Gasteiger partial charge in [-0.1, -0.05) is 31.0 Å². The number of hydrogen-bond donors (Lipinski definition) is 1. The molecule has 1 N–H and O–H groups in total. The van der Waals surface area contributed by atoms with Crippen molar-refractivity contribution in [2.45, 2.75) is 19.8 Å². The van der Waals surface area contributed by atoms with Crippen LogP contribution in [0, 0.1) is 0 Å². The van der Waals surface area contributed by atoms with E-state index in [1.165, 1.54) is 0 Å². The third-order valence-corrected chi connectivity index (χ3v) is 3.62. The summed E-state index contributed by atoms with van der Waals surface area (Å²) in [5.74, 6) is 0.906. The summed E-state index contributed by atoms with van der Waals surface area (Å²) < 4.78 is 5.73. The van der Waals surface area contributed by atoms with Crippen LogP contribution in [0.2, 0.25) is 5.02 Å². The summed E-state index contributed by atoms with van der Waals surface area (Å²) in [6.07, 6.45) is 2.22. The van der Waals surface area contributed by atoms with E-state index in [9.17, 15) is 0 Å². The molecule has 19 heavy (non-hydrogen) atoms. The second-order valence-electron chi connectivity index (χ2n) is 4.70. The monoisotopic (exact) mass is 273 g/mol. The number of aromatic amines is 1. The van der Waals surface area contributed by atoms with E-state index in [0.29, 0.717) is 0 Å². The van der Waals surface area contributed by atoms with Crippen LogP contribution in [0.3, 0.4) is 0 Å². The highest BCUT2D eigenvalue weighted by Crippen LogP contribution is 2.32. The summed E-state index contributed by atoms with van der Waals surface area (Å²) in [6, 6.07) is 12.0. The standard InChI is InChI=1S/C16H16ClNO/c1-2-3-9-19-11-7-8-12-15(10-11)18-14-6-4-5-13(17)16(12)14/h4-8,10,18H,2-3,9H2,1H3. The second kappa shape index (κ2) is 5.14. The second-order valence-corrected chi connectivity index (χ2v) is 5.10. The average Bonchev–Trinajstić information content (AvgIpc) is 2.78. The molecule has 0 fully saturated rings. The summed E-state index contributed by atoms with van der Waals surface area (Å²) >= 11 is 6.27. The number of nitrogens with one attached hydrogen (secondary N) is 1. The Hall–Kier alpha value is -1.67. The summed E-state index contributed by atoms with van der Waals surface area (Å²) in [5, 5.41) is 3.01. The van der Waals surface area contributed by atoms with Crippen molar-refractivity contribution in [3.05, 3.63) is 41.4 Å². The summed E-state index contributed by atoms with van der Waals surface area (Å²) in [4.78, 5) is 3.39. The topological polar surface area (TPSA) is 25.0 Å². The van der Waals surface area contributed by atoms with Crippen LogP contribution in [0.4, 0.5) is 0 Å². The minimum atomic E-state index is 0.767. The van der Waals surface area contributed by atoms with Crippen molar-refractivity contribution in [1.82, 2.24) is 4.98 Å². The molecule has 0 radical (unpaired) electrons. The van der Waals surface area contributed by atoms with Crippen molar-refractivity contribution < 1.29 is 4.74 Å². The van der Waals surface area contributed by atoms with E-state index in [4.69, 9.17) is 16.3 Å². The molecule has 0 spiro atoms. The third-order valence-electron chi connectivity index (χ3n) is 3.31. The van der Waals surface area contributed by atoms with Crippen LogP contribution in [-0.2, 0) is 0 Å². The molecule has 98 valence electrons. The van der Waals surface area contributed by atoms with Gasteiger partial charge < -0.3 is 9.72 Å². The molecule has 1 heterocycles. The lowest BCUT2D eigenvalue weighted by Crippen LogP contribution is -1.95. The minimum Gasteiger partial charge on any atom is -0.494 e. The number of fused-ring (bicyclic) bond motifs is 3. The van der Waals surface area contributed by atoms with Gasteiger partial charge in [0, 0.05) is 22.4 Å². The Morgan fingerprint density at radius 1 is 1.16 bits per heavy atom. The van der Waals surface area contributed by atoms with Gasteiger partial charge in [0.05, 0.1) is 17.1 Å². The van der Waals surface area contributed by atoms with Gasteiger partial charge in [-0.3, -0.25) is 0 Å². The number of halogens is 1. The molecule has 0 aliphatic rings. The normalized spacial score (nSPS) is 11.3. The number of aromatic nitrogens is 1. The predicted molar refractivity (Wildman–Crippen MR) is 81.2 cm³/mol. The smallest absolute Gasteiger partial charge is 0.121 e. The molecule has 0 aliphatic carbocycles. The quantitative estimate of drug-likeness (QED) is 0.653. The fourth-order valence-corrected chi connectivity index (χ4v) is 2.59. The number of rotatable bonds is 4. The van der Waals surface area contributed by atoms with E-state index < -0.39 is 0 Å². The SMILES string of the molecule is CCCCOc1ccc2c(c1)[nH]c1cccc(Cl)c12. The summed E-state index contributed by atoms with van der Waals surface area (Å²) in [7, 11) is 0. The lowest BCUT2D eigenvalue weighted by atomic mass is 10.1. The van der Waals surface area contributed by atoms with Gasteiger partial charge in [0.2, 0.25) is 0 Å². The molecule has 1 aromatic heterocycles. The summed E-state index contributed by atoms with van der Waals surface area (Å²) in [6.45, 7) is 2.93. The van der Waals surface area contributed by atoms with Crippen molar-refractivity contribution in [1.29, 1.82) is 0 Å². The molecule has 0 saturated carbocycles. The number of unbranched alkanes of at least 4 members (excludes halogenated alkanes) is 1. The lowest BCUT2D eigenvalue weighted by molar-refractivity contribution is 0.310. The fourth-order valence-electron chi connectivity index (χ4n) is 2.32. The largest absolute Gasteiger partial charge is 0.494 e. The molecule has 2 nitrogen and oxygen atoms in total. The Balaban J connectivity index is 2.04. The van der Waals surface area contributed by atoms with Crippen LogP contribution in [0.15, 0.2) is 36.4 Å². The van der Waals surface area contributed by atoms with Crippen LogP contribution in [0.1, 0.15) is 19.8 Å². The molecule has 3 heteroatoms. The maximum Gasteiger partial charge on any atom is 0.121 e. The van der Waals surface area contributed by atoms with E-state index in [2.05, 4.69) is 18.0 Å². The van der Waals surface area contributed by atoms with Gasteiger partial charge in [-0.25, -0.2) is 0 Å². The molecule has 0 unspecified atom stereocenters. The number of benzene rings is 2. The highest BCUT2D eigenvalue weighted by atomic mass is 35.5. The number of ether oxygens (including phenoxy) is 1. The molecule has 3 aromatic rings. The third kappa shape index (κ3) is 2.28. The first kappa shape index (κ1) is 12.4. The van der Waals surface area contributed by atoms with Crippen LogP contribution in [-0.4, -0.2) is 11.6 Å². The van der Waals surface area contributed by atoms with Crippen LogP contribution < -0.4 is 4.74 Å². The van der Waals surface area contributed by atoms with Crippen molar-refractivity contribution in [2.24, 2.45) is 0 Å². The van der Waals surface area contributed by atoms with Gasteiger partial charge in [-0.15, -0.1) is 0 Å². The van der Waals surface area contributed by atoms with E-state index in [1.54, 1.807) is 0 Å². The first-order chi connectivity index (χ1) is 9.29. The number of hydrogen-bond acceptors (Lipinski definition) is 1. The van der Waals surface area contributed by atoms with E-state index in [-0.39, 0.29) is 0 Å². The molecule has 0 saturated heterocycles. The van der Waals surface area contributed by atoms with Gasteiger partial charge in [0.1, 0.15) is 5.75 Å². The Morgan fingerprint density at radius 3 is 2.89 bits per heavy atom. The minimum absolute atomic E-state index is 0.767. The van der Waals surface area contributed by atoms with Gasteiger partial charge >= 0.3 is 0 Å². The van der Waals surface area contributed by atoms with Crippen LogP contribution in [0.25, 0.3) is 21.8 Å². The predicted octanol–water partition coefficient (Wildman–Crippen LogP) is 5.15. The zero-order chi connectivity index (χ0) is 13.2. The Kier molecular flexibility index (Phi) is 3.34. The average molecular weight is 274 g/mol.